The van der Waals surface area contributed by atoms with Crippen LogP contribution >= 0.6 is 15.9 Å². The van der Waals surface area contributed by atoms with E-state index in [0.717, 1.165) is 35.3 Å². The van der Waals surface area contributed by atoms with Crippen molar-refractivity contribution in [3.63, 3.8) is 0 Å². The van der Waals surface area contributed by atoms with E-state index in [0.29, 0.717) is 13.0 Å². The second-order valence-electron chi connectivity index (χ2n) is 5.28. The summed E-state index contributed by atoms with van der Waals surface area (Å²) in [5, 5.41) is 15.1. The molecule has 1 N–H and O–H groups in total. The van der Waals surface area contributed by atoms with Crippen LogP contribution in [0.5, 0.6) is 0 Å². The van der Waals surface area contributed by atoms with Crippen molar-refractivity contribution in [3.05, 3.63) is 15.9 Å². The molecular weight excluding hydrogens is 296 g/mol. The molecule has 102 valence electrons. The van der Waals surface area contributed by atoms with Crippen LogP contribution in [0.3, 0.4) is 0 Å². The highest BCUT2D eigenvalue weighted by Crippen LogP contribution is 2.32. The molecule has 2 atom stereocenters. The van der Waals surface area contributed by atoms with Gasteiger partial charge in [0.15, 0.2) is 0 Å². The van der Waals surface area contributed by atoms with Gasteiger partial charge in [0.2, 0.25) is 0 Å². The van der Waals surface area contributed by atoms with Crippen molar-refractivity contribution in [1.82, 2.24) is 9.78 Å². The third-order valence-electron chi connectivity index (χ3n) is 3.84. The zero-order valence-corrected chi connectivity index (χ0v) is 12.8. The topological polar surface area (TPSA) is 47.3 Å². The number of ether oxygens (including phenoxy) is 1. The molecule has 0 aromatic carbocycles. The average molecular weight is 317 g/mol. The van der Waals surface area contributed by atoms with Crippen molar-refractivity contribution in [2.45, 2.75) is 38.7 Å². The molecule has 0 radical (unpaired) electrons. The lowest BCUT2D eigenvalue weighted by Crippen LogP contribution is -2.38. The third kappa shape index (κ3) is 2.63. The van der Waals surface area contributed by atoms with Crippen LogP contribution < -0.4 is 0 Å². The summed E-state index contributed by atoms with van der Waals surface area (Å²) in [7, 11) is 1.93. The molecule has 0 amide bonds. The van der Waals surface area contributed by atoms with Crippen LogP contribution in [0.2, 0.25) is 0 Å². The molecule has 2 unspecified atom stereocenters. The first-order chi connectivity index (χ1) is 8.45. The lowest BCUT2D eigenvalue weighted by atomic mass is 9.84. The Morgan fingerprint density at radius 1 is 1.61 bits per heavy atom. The van der Waals surface area contributed by atoms with Gasteiger partial charge in [0.25, 0.3) is 0 Å². The zero-order valence-electron chi connectivity index (χ0n) is 11.2. The van der Waals surface area contributed by atoms with Gasteiger partial charge in [-0.2, -0.15) is 5.10 Å². The molecule has 5 heteroatoms. The molecule has 2 heterocycles. The maximum Gasteiger partial charge on any atom is 0.0766 e. The molecule has 1 aromatic heterocycles. The number of hydrogen-bond donors (Lipinski definition) is 1. The first kappa shape index (κ1) is 14.0. The van der Waals surface area contributed by atoms with Gasteiger partial charge >= 0.3 is 0 Å². The van der Waals surface area contributed by atoms with Crippen LogP contribution in [0.4, 0.5) is 0 Å². The van der Waals surface area contributed by atoms with E-state index in [-0.39, 0.29) is 5.92 Å². The molecular formula is C13H21BrN2O2. The minimum Gasteiger partial charge on any atom is -0.389 e. The van der Waals surface area contributed by atoms with Crippen molar-refractivity contribution >= 4 is 15.9 Å². The van der Waals surface area contributed by atoms with Crippen LogP contribution in [-0.4, -0.2) is 33.7 Å². The average Bonchev–Trinajstić information content (AvgIpc) is 2.93. The lowest BCUT2D eigenvalue weighted by Gasteiger charge is -2.29. The molecule has 1 aromatic rings. The zero-order chi connectivity index (χ0) is 13.3. The van der Waals surface area contributed by atoms with Crippen molar-refractivity contribution < 1.29 is 9.84 Å². The van der Waals surface area contributed by atoms with Crippen molar-refractivity contribution in [2.75, 3.05) is 13.2 Å². The molecule has 0 aliphatic carbocycles. The van der Waals surface area contributed by atoms with Crippen LogP contribution in [-0.2, 0) is 24.6 Å². The number of rotatable bonds is 4. The molecule has 1 saturated heterocycles. The van der Waals surface area contributed by atoms with E-state index in [1.165, 1.54) is 0 Å². The number of hydrogen-bond acceptors (Lipinski definition) is 3. The van der Waals surface area contributed by atoms with E-state index < -0.39 is 5.60 Å². The minimum absolute atomic E-state index is 0.212. The molecule has 1 aliphatic rings. The number of aromatic nitrogens is 2. The summed E-state index contributed by atoms with van der Waals surface area (Å²) in [6, 6.07) is 0. The summed E-state index contributed by atoms with van der Waals surface area (Å²) >= 11 is 3.60. The van der Waals surface area contributed by atoms with Gasteiger partial charge in [-0.15, -0.1) is 0 Å². The van der Waals surface area contributed by atoms with Gasteiger partial charge in [0.1, 0.15) is 0 Å². The standard InChI is InChI=1S/C13H21BrN2O2/c1-4-10-12(14)11(16(3)15-10)7-13(2,17)9-5-6-18-8-9/h9,17H,4-8H2,1-3H3. The molecule has 0 spiro atoms. The van der Waals surface area contributed by atoms with Gasteiger partial charge in [-0.1, -0.05) is 6.92 Å². The first-order valence-corrected chi connectivity index (χ1v) is 7.25. The summed E-state index contributed by atoms with van der Waals surface area (Å²) < 4.78 is 8.28. The fourth-order valence-corrected chi connectivity index (χ4v) is 3.28. The fraction of sp³-hybridized carbons (Fsp3) is 0.769. The van der Waals surface area contributed by atoms with Gasteiger partial charge in [-0.25, -0.2) is 0 Å². The Morgan fingerprint density at radius 2 is 2.33 bits per heavy atom. The molecule has 2 rings (SSSR count). The summed E-state index contributed by atoms with van der Waals surface area (Å²) in [4.78, 5) is 0. The highest BCUT2D eigenvalue weighted by Gasteiger charge is 2.36. The Balaban J connectivity index is 2.20. The molecule has 1 aliphatic heterocycles. The molecule has 0 saturated carbocycles. The van der Waals surface area contributed by atoms with E-state index in [1.807, 2.05) is 18.7 Å². The smallest absolute Gasteiger partial charge is 0.0766 e. The number of nitrogens with zero attached hydrogens (tertiary/aromatic N) is 2. The van der Waals surface area contributed by atoms with Gasteiger partial charge in [0.05, 0.1) is 28.1 Å². The Morgan fingerprint density at radius 3 is 2.83 bits per heavy atom. The second-order valence-corrected chi connectivity index (χ2v) is 6.07. The number of aliphatic hydroxyl groups is 1. The maximum atomic E-state index is 10.7. The normalized spacial score (nSPS) is 23.3. The Kier molecular flexibility index (Phi) is 4.14. The van der Waals surface area contributed by atoms with Gasteiger partial charge in [0, 0.05) is 26.0 Å². The van der Waals surface area contributed by atoms with Gasteiger partial charge in [-0.05, 0) is 35.7 Å². The lowest BCUT2D eigenvalue weighted by molar-refractivity contribution is -0.00611. The van der Waals surface area contributed by atoms with Crippen LogP contribution in [0.15, 0.2) is 4.47 Å². The maximum absolute atomic E-state index is 10.7. The minimum atomic E-state index is -0.738. The Hall–Kier alpha value is -0.390. The molecule has 1 fully saturated rings. The highest BCUT2D eigenvalue weighted by molar-refractivity contribution is 9.10. The largest absolute Gasteiger partial charge is 0.389 e. The second kappa shape index (κ2) is 5.31. The monoisotopic (exact) mass is 316 g/mol. The quantitative estimate of drug-likeness (QED) is 0.925. The predicted octanol–water partition coefficient (Wildman–Crippen LogP) is 2.08. The van der Waals surface area contributed by atoms with E-state index in [2.05, 4.69) is 28.0 Å². The predicted molar refractivity (Wildman–Crippen MR) is 73.5 cm³/mol. The summed E-state index contributed by atoms with van der Waals surface area (Å²) in [6.07, 6.45) is 2.43. The van der Waals surface area contributed by atoms with E-state index in [4.69, 9.17) is 4.74 Å². The molecule has 4 nitrogen and oxygen atoms in total. The van der Waals surface area contributed by atoms with Crippen LogP contribution in [0.25, 0.3) is 0 Å². The van der Waals surface area contributed by atoms with Crippen molar-refractivity contribution in [3.8, 4) is 0 Å². The van der Waals surface area contributed by atoms with Gasteiger partial charge < -0.3 is 9.84 Å². The Bertz CT molecular complexity index is 423. The SMILES string of the molecule is CCc1nn(C)c(CC(C)(O)C2CCOC2)c1Br. The van der Waals surface area contributed by atoms with E-state index in [1.54, 1.807) is 0 Å². The van der Waals surface area contributed by atoms with Crippen LogP contribution in [0.1, 0.15) is 31.7 Å². The fourth-order valence-electron chi connectivity index (χ4n) is 2.52. The highest BCUT2D eigenvalue weighted by atomic mass is 79.9. The van der Waals surface area contributed by atoms with E-state index in [9.17, 15) is 5.11 Å². The summed E-state index contributed by atoms with van der Waals surface area (Å²) in [5.41, 5.74) is 1.37. The van der Waals surface area contributed by atoms with Crippen LogP contribution in [0, 0.1) is 5.92 Å². The van der Waals surface area contributed by atoms with E-state index >= 15 is 0 Å². The number of aryl methyl sites for hydroxylation is 2. The molecule has 18 heavy (non-hydrogen) atoms. The van der Waals surface area contributed by atoms with Gasteiger partial charge in [-0.3, -0.25) is 4.68 Å². The summed E-state index contributed by atoms with van der Waals surface area (Å²) in [6.45, 7) is 5.40. The molecule has 0 bridgehead atoms. The number of halogens is 1. The summed E-state index contributed by atoms with van der Waals surface area (Å²) in [5.74, 6) is 0.212. The third-order valence-corrected chi connectivity index (χ3v) is 4.75. The Labute approximate surface area is 116 Å². The van der Waals surface area contributed by atoms with Crippen molar-refractivity contribution in [1.29, 1.82) is 0 Å². The first-order valence-electron chi connectivity index (χ1n) is 6.46. The van der Waals surface area contributed by atoms with Crippen molar-refractivity contribution in [2.24, 2.45) is 13.0 Å².